The fourth-order valence-corrected chi connectivity index (χ4v) is 4.28. The van der Waals surface area contributed by atoms with Crippen LogP contribution in [0.25, 0.3) is 0 Å². The van der Waals surface area contributed by atoms with Gasteiger partial charge in [0.25, 0.3) is 0 Å². The molecule has 25 heteroatoms. The van der Waals surface area contributed by atoms with Crippen LogP contribution >= 0.6 is 0 Å². The van der Waals surface area contributed by atoms with Gasteiger partial charge in [-0.3, -0.25) is 9.59 Å². The van der Waals surface area contributed by atoms with Gasteiger partial charge >= 0.3 is 11.9 Å². The maximum absolute atomic E-state index is 13.6. The van der Waals surface area contributed by atoms with E-state index in [0.29, 0.717) is 145 Å². The number of hydrogen-bond donors (Lipinski definition) is 2. The minimum absolute atomic E-state index is 0.0684. The lowest BCUT2D eigenvalue weighted by Crippen LogP contribution is -2.31. The van der Waals surface area contributed by atoms with Crippen molar-refractivity contribution in [3.8, 4) is 5.75 Å². The first kappa shape index (κ1) is 58.7. The Bertz CT molecular complexity index is 1310. The summed E-state index contributed by atoms with van der Waals surface area (Å²) in [6.07, 6.45) is -0.497. The van der Waals surface area contributed by atoms with Crippen LogP contribution in [0, 0.1) is 29.1 Å². The molecule has 372 valence electrons. The number of benzene rings is 1. The Morgan fingerprint density at radius 3 is 0.922 bits per heavy atom. The van der Waals surface area contributed by atoms with E-state index in [-0.39, 0.29) is 39.6 Å². The van der Waals surface area contributed by atoms with E-state index in [9.17, 15) is 36.3 Å². The largest absolute Gasteiger partial charge is 0.480 e. The van der Waals surface area contributed by atoms with Crippen molar-refractivity contribution < 1.29 is 112 Å². The van der Waals surface area contributed by atoms with Crippen molar-refractivity contribution in [1.29, 1.82) is 0 Å². The molecule has 20 nitrogen and oxygen atoms in total. The van der Waals surface area contributed by atoms with Crippen molar-refractivity contribution in [3.05, 3.63) is 29.1 Å². The van der Waals surface area contributed by atoms with Gasteiger partial charge in [-0.1, -0.05) is 0 Å². The number of carboxylic acids is 1. The van der Waals surface area contributed by atoms with Gasteiger partial charge in [-0.15, -0.1) is 0 Å². The Hall–Kier alpha value is -3.28. The minimum atomic E-state index is -2.36. The normalized spacial score (nSPS) is 11.4. The SMILES string of the molecule is O=C(O)COCC(=O)NCCOCCOCCOCCOCCOCCOCCOCCOCCOCCOCCOCCOCCOCCC(=O)Oc1c(F)c(F)c(F)c(F)c1F. The topological polar surface area (TPSA) is 222 Å². The van der Waals surface area contributed by atoms with Crippen LogP contribution in [0.15, 0.2) is 0 Å². The van der Waals surface area contributed by atoms with E-state index < -0.39 is 65.7 Å². The molecule has 0 radical (unpaired) electrons. The van der Waals surface area contributed by atoms with Gasteiger partial charge < -0.3 is 81.5 Å². The third-order valence-corrected chi connectivity index (χ3v) is 7.33. The van der Waals surface area contributed by atoms with Gasteiger partial charge in [0.05, 0.1) is 178 Å². The van der Waals surface area contributed by atoms with Gasteiger partial charge in [-0.2, -0.15) is 8.78 Å². The fourth-order valence-electron chi connectivity index (χ4n) is 4.28. The molecule has 0 fully saturated rings. The molecule has 1 aromatic carbocycles. The number of carboxylic acid groups (broad SMARTS) is 1. The lowest BCUT2D eigenvalue weighted by Gasteiger charge is -2.09. The van der Waals surface area contributed by atoms with Gasteiger partial charge in [0.15, 0.2) is 0 Å². The third-order valence-electron chi connectivity index (χ3n) is 7.33. The van der Waals surface area contributed by atoms with Gasteiger partial charge in [0.1, 0.15) is 13.2 Å². The van der Waals surface area contributed by atoms with E-state index in [1.54, 1.807) is 0 Å². The summed E-state index contributed by atoms with van der Waals surface area (Å²) in [6.45, 7) is 8.44. The van der Waals surface area contributed by atoms with Crippen LogP contribution in [0.5, 0.6) is 5.75 Å². The van der Waals surface area contributed by atoms with Crippen molar-refractivity contribution in [1.82, 2.24) is 5.32 Å². The van der Waals surface area contributed by atoms with E-state index in [1.807, 2.05) is 0 Å². The first-order valence-corrected chi connectivity index (χ1v) is 20.4. The van der Waals surface area contributed by atoms with Crippen LogP contribution in [-0.2, 0) is 80.7 Å². The number of hydrogen-bond acceptors (Lipinski definition) is 18. The highest BCUT2D eigenvalue weighted by atomic mass is 19.2. The summed E-state index contributed by atoms with van der Waals surface area (Å²) in [6, 6.07) is 0. The van der Waals surface area contributed by atoms with E-state index >= 15 is 0 Å². The lowest BCUT2D eigenvalue weighted by molar-refractivity contribution is -0.143. The first-order chi connectivity index (χ1) is 31.1. The number of esters is 1. The average Bonchev–Trinajstić information content (AvgIpc) is 3.28. The maximum atomic E-state index is 13.6. The smallest absolute Gasteiger partial charge is 0.329 e. The van der Waals surface area contributed by atoms with Crippen LogP contribution in [0.4, 0.5) is 22.0 Å². The highest BCUT2D eigenvalue weighted by Crippen LogP contribution is 2.29. The molecule has 0 bridgehead atoms. The molecule has 0 saturated carbocycles. The number of ether oxygens (including phenoxy) is 15. The van der Waals surface area contributed by atoms with Crippen LogP contribution in [0.1, 0.15) is 6.42 Å². The molecule has 0 aliphatic heterocycles. The molecule has 0 aromatic heterocycles. The van der Waals surface area contributed by atoms with Gasteiger partial charge in [0.2, 0.25) is 40.7 Å². The third kappa shape index (κ3) is 34.1. The summed E-state index contributed by atoms with van der Waals surface area (Å²) in [5.41, 5.74) is 0. The second-order valence-corrected chi connectivity index (χ2v) is 12.3. The molecule has 0 aliphatic carbocycles. The van der Waals surface area contributed by atoms with Crippen molar-refractivity contribution in [3.63, 3.8) is 0 Å². The van der Waals surface area contributed by atoms with Gasteiger partial charge in [-0.05, 0) is 0 Å². The molecular formula is C39H62F5NO19. The standard InChI is InChI=1S/C39H62F5NO19/c40-34-35(41)37(43)39(38(44)36(34)42)64-33(49)1-3-50-5-7-52-9-11-54-13-15-56-17-19-58-21-23-60-25-27-62-28-26-61-24-22-59-20-18-57-16-14-55-12-10-53-8-6-51-4-2-45-31(46)29-63-30-32(47)48/h1-30H2,(H,45,46)(H,47,48). The van der Waals surface area contributed by atoms with Crippen LogP contribution < -0.4 is 10.1 Å². The number of carbonyl (C=O) groups excluding carboxylic acids is 2. The molecule has 64 heavy (non-hydrogen) atoms. The molecule has 1 amide bonds. The zero-order valence-corrected chi connectivity index (χ0v) is 35.9. The number of carbonyl (C=O) groups is 3. The monoisotopic (exact) mass is 943 g/mol. The van der Waals surface area contributed by atoms with Crippen molar-refractivity contribution in [2.45, 2.75) is 6.42 Å². The Morgan fingerprint density at radius 2 is 0.625 bits per heavy atom. The second kappa shape index (κ2) is 42.4. The zero-order valence-electron chi connectivity index (χ0n) is 35.9. The molecule has 0 aliphatic rings. The number of amides is 1. The van der Waals surface area contributed by atoms with Crippen molar-refractivity contribution in [2.24, 2.45) is 0 Å². The average molecular weight is 944 g/mol. The number of nitrogens with one attached hydrogen (secondary N) is 1. The highest BCUT2D eigenvalue weighted by molar-refractivity contribution is 5.77. The Morgan fingerprint density at radius 1 is 0.359 bits per heavy atom. The van der Waals surface area contributed by atoms with E-state index in [1.165, 1.54) is 0 Å². The molecule has 0 saturated heterocycles. The highest BCUT2D eigenvalue weighted by Gasteiger charge is 2.28. The summed E-state index contributed by atoms with van der Waals surface area (Å²) < 4.78 is 145. The Balaban J connectivity index is 1.69. The van der Waals surface area contributed by atoms with E-state index in [4.69, 9.17) is 66.7 Å². The minimum Gasteiger partial charge on any atom is -0.480 e. The van der Waals surface area contributed by atoms with Crippen LogP contribution in [0.2, 0.25) is 0 Å². The molecule has 2 N–H and O–H groups in total. The molecule has 0 spiro atoms. The quantitative estimate of drug-likeness (QED) is 0.0233. The van der Waals surface area contributed by atoms with E-state index in [0.717, 1.165) is 0 Å². The predicted molar refractivity (Wildman–Crippen MR) is 209 cm³/mol. The summed E-state index contributed by atoms with van der Waals surface area (Å²) in [5.74, 6) is -15.7. The predicted octanol–water partition coefficient (Wildman–Crippen LogP) is 1.11. The zero-order chi connectivity index (χ0) is 46.7. The van der Waals surface area contributed by atoms with Crippen LogP contribution in [-0.4, -0.2) is 214 Å². The van der Waals surface area contributed by atoms with Gasteiger partial charge in [0, 0.05) is 6.54 Å². The molecule has 0 atom stereocenters. The number of rotatable bonds is 47. The molecule has 1 aromatic rings. The summed E-state index contributed by atoms with van der Waals surface area (Å²) in [4.78, 5) is 33.4. The molecule has 0 unspecified atom stereocenters. The summed E-state index contributed by atoms with van der Waals surface area (Å²) >= 11 is 0. The second-order valence-electron chi connectivity index (χ2n) is 12.3. The number of halogens is 5. The fraction of sp³-hybridized carbons (Fsp3) is 0.769. The first-order valence-electron chi connectivity index (χ1n) is 20.4. The van der Waals surface area contributed by atoms with Crippen molar-refractivity contribution >= 4 is 17.8 Å². The Labute approximate surface area is 368 Å². The van der Waals surface area contributed by atoms with Gasteiger partial charge in [-0.25, -0.2) is 18.0 Å². The molecule has 0 heterocycles. The summed E-state index contributed by atoms with van der Waals surface area (Å²) in [5, 5.41) is 11.0. The lowest BCUT2D eigenvalue weighted by atomic mass is 10.2. The van der Waals surface area contributed by atoms with E-state index in [2.05, 4.69) is 14.8 Å². The van der Waals surface area contributed by atoms with Crippen LogP contribution in [0.3, 0.4) is 0 Å². The number of aliphatic carboxylic acids is 1. The molecule has 1 rings (SSSR count). The Kier molecular flexibility index (Phi) is 38.9. The van der Waals surface area contributed by atoms with Crippen molar-refractivity contribution in [2.75, 3.05) is 192 Å². The molecular weight excluding hydrogens is 881 g/mol. The summed E-state index contributed by atoms with van der Waals surface area (Å²) in [7, 11) is 0. The maximum Gasteiger partial charge on any atom is 0.329 e.